The third-order valence-corrected chi connectivity index (χ3v) is 2.56. The van der Waals surface area contributed by atoms with Crippen LogP contribution in [0.3, 0.4) is 0 Å². The smallest absolute Gasteiger partial charge is 0.0627 e. The van der Waals surface area contributed by atoms with Crippen molar-refractivity contribution in [3.63, 3.8) is 0 Å². The number of hydrogen-bond donors (Lipinski definition) is 1. The SMILES string of the molecule is CCOC(C)(C)CCC(C)(C)NC. The van der Waals surface area contributed by atoms with Crippen molar-refractivity contribution < 1.29 is 4.74 Å². The first-order valence-electron chi connectivity index (χ1n) is 5.16. The maximum absolute atomic E-state index is 5.64. The third kappa shape index (κ3) is 6.05. The summed E-state index contributed by atoms with van der Waals surface area (Å²) in [5.74, 6) is 0. The van der Waals surface area contributed by atoms with Gasteiger partial charge in [0.1, 0.15) is 0 Å². The summed E-state index contributed by atoms with van der Waals surface area (Å²) in [7, 11) is 2.01. The Labute approximate surface area is 83.1 Å². The Hall–Kier alpha value is -0.0800. The Balaban J connectivity index is 3.86. The van der Waals surface area contributed by atoms with E-state index in [1.165, 1.54) is 0 Å². The van der Waals surface area contributed by atoms with Gasteiger partial charge in [-0.2, -0.15) is 0 Å². The Bertz CT molecular complexity index is 141. The van der Waals surface area contributed by atoms with Crippen molar-refractivity contribution in [2.75, 3.05) is 13.7 Å². The summed E-state index contributed by atoms with van der Waals surface area (Å²) in [5, 5.41) is 3.30. The number of ether oxygens (including phenoxy) is 1. The van der Waals surface area contributed by atoms with Gasteiger partial charge in [0, 0.05) is 12.1 Å². The van der Waals surface area contributed by atoms with E-state index in [1.807, 2.05) is 14.0 Å². The molecule has 0 radical (unpaired) electrons. The zero-order valence-electron chi connectivity index (χ0n) is 10.0. The van der Waals surface area contributed by atoms with E-state index in [0.29, 0.717) is 0 Å². The lowest BCUT2D eigenvalue weighted by Gasteiger charge is -2.30. The molecule has 0 saturated carbocycles. The maximum atomic E-state index is 5.64. The molecule has 1 N–H and O–H groups in total. The Kier molecular flexibility index (Phi) is 4.93. The van der Waals surface area contributed by atoms with E-state index in [9.17, 15) is 0 Å². The Morgan fingerprint density at radius 3 is 2.00 bits per heavy atom. The van der Waals surface area contributed by atoms with Crippen molar-refractivity contribution in [1.29, 1.82) is 0 Å². The molecule has 0 aromatic carbocycles. The first-order valence-corrected chi connectivity index (χ1v) is 5.16. The second-order valence-corrected chi connectivity index (χ2v) is 4.83. The van der Waals surface area contributed by atoms with Crippen molar-refractivity contribution in [3.8, 4) is 0 Å². The number of rotatable bonds is 6. The van der Waals surface area contributed by atoms with Crippen molar-refractivity contribution in [1.82, 2.24) is 5.32 Å². The highest BCUT2D eigenvalue weighted by atomic mass is 16.5. The molecular weight excluding hydrogens is 162 g/mol. The predicted molar refractivity (Wildman–Crippen MR) is 58.1 cm³/mol. The minimum atomic E-state index is 0.0167. The minimum absolute atomic E-state index is 0.0167. The van der Waals surface area contributed by atoms with Gasteiger partial charge in [0.2, 0.25) is 0 Å². The van der Waals surface area contributed by atoms with Crippen LogP contribution >= 0.6 is 0 Å². The molecule has 0 aliphatic rings. The van der Waals surface area contributed by atoms with Crippen molar-refractivity contribution >= 4 is 0 Å². The van der Waals surface area contributed by atoms with Gasteiger partial charge in [-0.3, -0.25) is 0 Å². The molecule has 2 nitrogen and oxygen atoms in total. The van der Waals surface area contributed by atoms with Crippen molar-refractivity contribution in [2.45, 2.75) is 58.6 Å². The molecule has 0 aromatic rings. The van der Waals surface area contributed by atoms with E-state index < -0.39 is 0 Å². The minimum Gasteiger partial charge on any atom is -0.376 e. The molecule has 2 heteroatoms. The van der Waals surface area contributed by atoms with E-state index in [1.54, 1.807) is 0 Å². The van der Waals surface area contributed by atoms with Crippen LogP contribution in [0.1, 0.15) is 47.5 Å². The molecule has 0 fully saturated rings. The van der Waals surface area contributed by atoms with Crippen LogP contribution in [-0.2, 0) is 4.74 Å². The first kappa shape index (κ1) is 12.9. The van der Waals surface area contributed by atoms with Gasteiger partial charge in [-0.05, 0) is 54.5 Å². The first-order chi connectivity index (χ1) is 5.83. The quantitative estimate of drug-likeness (QED) is 0.690. The van der Waals surface area contributed by atoms with Crippen molar-refractivity contribution in [2.24, 2.45) is 0 Å². The summed E-state index contributed by atoms with van der Waals surface area (Å²) in [4.78, 5) is 0. The Morgan fingerprint density at radius 2 is 1.62 bits per heavy atom. The zero-order chi connectivity index (χ0) is 10.5. The highest BCUT2D eigenvalue weighted by molar-refractivity contribution is 4.80. The van der Waals surface area contributed by atoms with E-state index in [-0.39, 0.29) is 11.1 Å². The molecule has 13 heavy (non-hydrogen) atoms. The number of nitrogens with one attached hydrogen (secondary N) is 1. The van der Waals surface area contributed by atoms with Crippen LogP contribution in [0.2, 0.25) is 0 Å². The molecule has 0 aromatic heterocycles. The average Bonchev–Trinajstić information content (AvgIpc) is 2.02. The summed E-state index contributed by atoms with van der Waals surface area (Å²) in [6, 6.07) is 0. The lowest BCUT2D eigenvalue weighted by atomic mass is 9.91. The van der Waals surface area contributed by atoms with E-state index in [2.05, 4.69) is 33.0 Å². The standard InChI is InChI=1S/C11H25NO/c1-7-13-11(4,5)9-8-10(2,3)12-6/h12H,7-9H2,1-6H3. The predicted octanol–water partition coefficient (Wildman–Crippen LogP) is 2.58. The van der Waals surface area contributed by atoms with Crippen LogP contribution in [0.15, 0.2) is 0 Å². The van der Waals surface area contributed by atoms with Gasteiger partial charge in [0.15, 0.2) is 0 Å². The molecule has 0 amide bonds. The summed E-state index contributed by atoms with van der Waals surface area (Å²) in [6.45, 7) is 11.6. The Morgan fingerprint density at radius 1 is 1.08 bits per heavy atom. The van der Waals surface area contributed by atoms with Gasteiger partial charge in [0.05, 0.1) is 5.60 Å². The van der Waals surface area contributed by atoms with Gasteiger partial charge in [-0.1, -0.05) is 0 Å². The average molecular weight is 187 g/mol. The maximum Gasteiger partial charge on any atom is 0.0627 e. The normalized spacial score (nSPS) is 13.4. The van der Waals surface area contributed by atoms with Crippen molar-refractivity contribution in [3.05, 3.63) is 0 Å². The molecule has 0 aliphatic carbocycles. The van der Waals surface area contributed by atoms with Gasteiger partial charge < -0.3 is 10.1 Å². The van der Waals surface area contributed by atoms with Gasteiger partial charge >= 0.3 is 0 Å². The van der Waals surface area contributed by atoms with Crippen LogP contribution < -0.4 is 5.32 Å². The van der Waals surface area contributed by atoms with Crippen LogP contribution in [-0.4, -0.2) is 24.8 Å². The fourth-order valence-corrected chi connectivity index (χ4v) is 1.20. The molecule has 0 atom stereocenters. The van der Waals surface area contributed by atoms with Crippen LogP contribution in [0.25, 0.3) is 0 Å². The van der Waals surface area contributed by atoms with Crippen LogP contribution in [0.4, 0.5) is 0 Å². The molecule has 0 saturated heterocycles. The monoisotopic (exact) mass is 187 g/mol. The summed E-state index contributed by atoms with van der Waals surface area (Å²) in [5.41, 5.74) is 0.233. The van der Waals surface area contributed by atoms with E-state index in [4.69, 9.17) is 4.74 Å². The van der Waals surface area contributed by atoms with Crippen LogP contribution in [0.5, 0.6) is 0 Å². The fraction of sp³-hybridized carbons (Fsp3) is 1.00. The van der Waals surface area contributed by atoms with Gasteiger partial charge in [0.25, 0.3) is 0 Å². The fourth-order valence-electron chi connectivity index (χ4n) is 1.20. The molecule has 0 bridgehead atoms. The second-order valence-electron chi connectivity index (χ2n) is 4.83. The summed E-state index contributed by atoms with van der Waals surface area (Å²) in [6.07, 6.45) is 2.23. The highest BCUT2D eigenvalue weighted by Gasteiger charge is 2.22. The van der Waals surface area contributed by atoms with Gasteiger partial charge in [-0.15, -0.1) is 0 Å². The van der Waals surface area contributed by atoms with E-state index >= 15 is 0 Å². The second kappa shape index (κ2) is 4.97. The molecule has 0 aliphatic heterocycles. The zero-order valence-corrected chi connectivity index (χ0v) is 10.0. The largest absolute Gasteiger partial charge is 0.376 e. The summed E-state index contributed by atoms with van der Waals surface area (Å²) >= 11 is 0. The molecule has 0 spiro atoms. The summed E-state index contributed by atoms with van der Waals surface area (Å²) < 4.78 is 5.64. The van der Waals surface area contributed by atoms with E-state index in [0.717, 1.165) is 19.4 Å². The molecule has 80 valence electrons. The molecule has 0 unspecified atom stereocenters. The molecule has 0 rings (SSSR count). The highest BCUT2D eigenvalue weighted by Crippen LogP contribution is 2.21. The van der Waals surface area contributed by atoms with Gasteiger partial charge in [-0.25, -0.2) is 0 Å². The lowest BCUT2D eigenvalue weighted by Crippen LogP contribution is -2.38. The number of hydrogen-bond acceptors (Lipinski definition) is 2. The lowest BCUT2D eigenvalue weighted by molar-refractivity contribution is -0.0212. The molecular formula is C11H25NO. The molecule has 0 heterocycles. The topological polar surface area (TPSA) is 21.3 Å². The third-order valence-electron chi connectivity index (χ3n) is 2.56. The van der Waals surface area contributed by atoms with Crippen LogP contribution in [0, 0.1) is 0 Å².